The standard InChI is InChI=1S/C14H17NO5S/c1-20-12-9-11(14(16)17)6-7-13(12)21(18,19)15-8-2-3-10-4-5-10/h2-3,6-7,9-10,15H,4-5,8H2,1H3,(H,16,17)/b3-2+. The molecule has 0 amide bonds. The van der Waals surface area contributed by atoms with Gasteiger partial charge in [0.1, 0.15) is 10.6 Å². The first kappa shape index (κ1) is 15.5. The Hall–Kier alpha value is -1.86. The van der Waals surface area contributed by atoms with Gasteiger partial charge in [-0.25, -0.2) is 17.9 Å². The molecule has 2 N–H and O–H groups in total. The van der Waals surface area contributed by atoms with Crippen molar-refractivity contribution in [2.45, 2.75) is 17.7 Å². The highest BCUT2D eigenvalue weighted by Crippen LogP contribution is 2.30. The number of benzene rings is 1. The van der Waals surface area contributed by atoms with Gasteiger partial charge in [-0.3, -0.25) is 0 Å². The summed E-state index contributed by atoms with van der Waals surface area (Å²) in [6, 6.07) is 3.66. The monoisotopic (exact) mass is 311 g/mol. The first-order valence-electron chi connectivity index (χ1n) is 6.51. The molecular weight excluding hydrogens is 294 g/mol. The Morgan fingerprint density at radius 1 is 1.48 bits per heavy atom. The van der Waals surface area contributed by atoms with Crippen LogP contribution in [0.5, 0.6) is 5.75 Å². The molecule has 0 heterocycles. The van der Waals surface area contributed by atoms with E-state index < -0.39 is 16.0 Å². The molecule has 1 fully saturated rings. The molecule has 0 aliphatic heterocycles. The molecule has 2 rings (SSSR count). The summed E-state index contributed by atoms with van der Waals surface area (Å²) in [7, 11) is -2.44. The molecule has 0 unspecified atom stereocenters. The maximum atomic E-state index is 12.2. The van der Waals surface area contributed by atoms with E-state index in [1.165, 1.54) is 25.3 Å². The maximum Gasteiger partial charge on any atom is 0.335 e. The maximum absolute atomic E-state index is 12.2. The van der Waals surface area contributed by atoms with Crippen molar-refractivity contribution >= 4 is 16.0 Å². The fourth-order valence-electron chi connectivity index (χ4n) is 1.81. The van der Waals surface area contributed by atoms with Gasteiger partial charge in [0, 0.05) is 6.54 Å². The summed E-state index contributed by atoms with van der Waals surface area (Å²) in [5.41, 5.74) is -0.0283. The number of aromatic carboxylic acids is 1. The highest BCUT2D eigenvalue weighted by atomic mass is 32.2. The number of carbonyl (C=O) groups is 1. The number of allylic oxidation sites excluding steroid dienone is 1. The average molecular weight is 311 g/mol. The van der Waals surface area contributed by atoms with E-state index in [4.69, 9.17) is 9.84 Å². The minimum absolute atomic E-state index is 0.00794. The largest absolute Gasteiger partial charge is 0.495 e. The van der Waals surface area contributed by atoms with E-state index >= 15 is 0 Å². The Morgan fingerprint density at radius 3 is 2.76 bits per heavy atom. The fourth-order valence-corrected chi connectivity index (χ4v) is 2.93. The lowest BCUT2D eigenvalue weighted by molar-refractivity contribution is 0.0696. The third kappa shape index (κ3) is 4.05. The van der Waals surface area contributed by atoms with Gasteiger partial charge in [-0.05, 0) is 37.0 Å². The molecule has 1 aliphatic carbocycles. The van der Waals surface area contributed by atoms with Crippen LogP contribution in [0.15, 0.2) is 35.2 Å². The summed E-state index contributed by atoms with van der Waals surface area (Å²) < 4.78 is 31.8. The average Bonchev–Trinajstić information content (AvgIpc) is 3.27. The minimum Gasteiger partial charge on any atom is -0.495 e. The second-order valence-corrected chi connectivity index (χ2v) is 6.52. The van der Waals surface area contributed by atoms with Gasteiger partial charge >= 0.3 is 5.97 Å². The second-order valence-electron chi connectivity index (χ2n) is 4.79. The second kappa shape index (κ2) is 6.28. The molecular formula is C14H17NO5S. The smallest absolute Gasteiger partial charge is 0.335 e. The first-order chi connectivity index (χ1) is 9.94. The van der Waals surface area contributed by atoms with Gasteiger partial charge in [0.15, 0.2) is 0 Å². The molecule has 0 atom stereocenters. The number of methoxy groups -OCH3 is 1. The molecule has 0 aromatic heterocycles. The summed E-state index contributed by atoms with van der Waals surface area (Å²) in [6.07, 6.45) is 6.10. The number of sulfonamides is 1. The van der Waals surface area contributed by atoms with Crippen molar-refractivity contribution in [3.8, 4) is 5.75 Å². The third-order valence-electron chi connectivity index (χ3n) is 3.12. The molecule has 6 nitrogen and oxygen atoms in total. The van der Waals surface area contributed by atoms with E-state index in [0.29, 0.717) is 5.92 Å². The van der Waals surface area contributed by atoms with E-state index in [0.717, 1.165) is 12.8 Å². The van der Waals surface area contributed by atoms with Crippen molar-refractivity contribution < 1.29 is 23.1 Å². The normalized spacial score (nSPS) is 15.3. The van der Waals surface area contributed by atoms with Crippen LogP contribution in [0.25, 0.3) is 0 Å². The van der Waals surface area contributed by atoms with Gasteiger partial charge in [-0.1, -0.05) is 12.2 Å². The highest BCUT2D eigenvalue weighted by Gasteiger charge is 2.21. The van der Waals surface area contributed by atoms with Crippen LogP contribution in [0, 0.1) is 5.92 Å². The zero-order valence-electron chi connectivity index (χ0n) is 11.6. The number of hydrogen-bond acceptors (Lipinski definition) is 4. The first-order valence-corrected chi connectivity index (χ1v) is 8.00. The lowest BCUT2D eigenvalue weighted by Gasteiger charge is -2.10. The summed E-state index contributed by atoms with van der Waals surface area (Å²) in [6.45, 7) is 0.197. The van der Waals surface area contributed by atoms with Crippen LogP contribution in [0.2, 0.25) is 0 Å². The molecule has 7 heteroatoms. The van der Waals surface area contributed by atoms with Gasteiger partial charge in [0.25, 0.3) is 0 Å². The van der Waals surface area contributed by atoms with Crippen LogP contribution in [-0.2, 0) is 10.0 Å². The van der Waals surface area contributed by atoms with E-state index in [9.17, 15) is 13.2 Å². The van der Waals surface area contributed by atoms with Crippen molar-refractivity contribution in [3.05, 3.63) is 35.9 Å². The van der Waals surface area contributed by atoms with Gasteiger partial charge in [-0.15, -0.1) is 0 Å². The van der Waals surface area contributed by atoms with Crippen molar-refractivity contribution in [2.75, 3.05) is 13.7 Å². The Balaban J connectivity index is 2.15. The number of nitrogens with one attached hydrogen (secondary N) is 1. The Morgan fingerprint density at radius 2 is 2.19 bits per heavy atom. The van der Waals surface area contributed by atoms with Crippen molar-refractivity contribution in [1.82, 2.24) is 4.72 Å². The SMILES string of the molecule is COc1cc(C(=O)O)ccc1S(=O)(=O)NC/C=C/C1CC1. The summed E-state index contributed by atoms with van der Waals surface area (Å²) in [5, 5.41) is 8.90. The zero-order valence-corrected chi connectivity index (χ0v) is 12.4. The van der Waals surface area contributed by atoms with E-state index in [-0.39, 0.29) is 22.8 Å². The molecule has 1 aliphatic rings. The van der Waals surface area contributed by atoms with Crippen LogP contribution < -0.4 is 9.46 Å². The lowest BCUT2D eigenvalue weighted by atomic mass is 10.2. The minimum atomic E-state index is -3.74. The zero-order chi connectivity index (χ0) is 15.5. The topological polar surface area (TPSA) is 92.7 Å². The quantitative estimate of drug-likeness (QED) is 0.747. The van der Waals surface area contributed by atoms with Crippen molar-refractivity contribution in [3.63, 3.8) is 0 Å². The number of hydrogen-bond donors (Lipinski definition) is 2. The van der Waals surface area contributed by atoms with Gasteiger partial charge in [0.05, 0.1) is 12.7 Å². The third-order valence-corrected chi connectivity index (χ3v) is 4.58. The van der Waals surface area contributed by atoms with E-state index in [1.54, 1.807) is 6.08 Å². The van der Waals surface area contributed by atoms with Crippen LogP contribution >= 0.6 is 0 Å². The van der Waals surface area contributed by atoms with Crippen LogP contribution in [-0.4, -0.2) is 33.1 Å². The molecule has 21 heavy (non-hydrogen) atoms. The number of carboxylic acid groups (broad SMARTS) is 1. The lowest BCUT2D eigenvalue weighted by Crippen LogP contribution is -2.24. The Kier molecular flexibility index (Phi) is 4.64. The Bertz CT molecular complexity index is 662. The molecule has 0 radical (unpaired) electrons. The van der Waals surface area contributed by atoms with E-state index in [1.807, 2.05) is 6.08 Å². The van der Waals surface area contributed by atoms with Crippen LogP contribution in [0.3, 0.4) is 0 Å². The molecule has 0 bridgehead atoms. The van der Waals surface area contributed by atoms with Gasteiger partial charge in [0.2, 0.25) is 10.0 Å². The van der Waals surface area contributed by atoms with Crippen molar-refractivity contribution in [2.24, 2.45) is 5.92 Å². The summed E-state index contributed by atoms with van der Waals surface area (Å²) >= 11 is 0. The molecule has 0 spiro atoms. The predicted octanol–water partition coefficient (Wildman–Crippen LogP) is 1.64. The van der Waals surface area contributed by atoms with Crippen LogP contribution in [0.1, 0.15) is 23.2 Å². The Labute approximate surface area is 123 Å². The molecule has 1 aromatic rings. The van der Waals surface area contributed by atoms with Gasteiger partial charge in [-0.2, -0.15) is 0 Å². The summed E-state index contributed by atoms with van der Waals surface area (Å²) in [4.78, 5) is 10.8. The van der Waals surface area contributed by atoms with Crippen LogP contribution in [0.4, 0.5) is 0 Å². The number of ether oxygens (including phenoxy) is 1. The molecule has 0 saturated heterocycles. The summed E-state index contributed by atoms with van der Waals surface area (Å²) in [5.74, 6) is -0.551. The molecule has 1 saturated carbocycles. The van der Waals surface area contributed by atoms with Crippen molar-refractivity contribution in [1.29, 1.82) is 0 Å². The number of carboxylic acids is 1. The molecule has 1 aromatic carbocycles. The van der Waals surface area contributed by atoms with E-state index in [2.05, 4.69) is 4.72 Å². The predicted molar refractivity (Wildman–Crippen MR) is 77.0 cm³/mol. The molecule has 114 valence electrons. The highest BCUT2D eigenvalue weighted by molar-refractivity contribution is 7.89. The van der Waals surface area contributed by atoms with Gasteiger partial charge < -0.3 is 9.84 Å². The fraction of sp³-hybridized carbons (Fsp3) is 0.357. The number of rotatable bonds is 7.